The van der Waals surface area contributed by atoms with E-state index in [1.54, 1.807) is 7.11 Å². The van der Waals surface area contributed by atoms with Gasteiger partial charge in [-0.3, -0.25) is 4.98 Å². The summed E-state index contributed by atoms with van der Waals surface area (Å²) < 4.78 is 9.53. The lowest BCUT2D eigenvalue weighted by Crippen LogP contribution is -2.23. The van der Waals surface area contributed by atoms with Crippen LogP contribution in [0.25, 0.3) is 0 Å². The second kappa shape index (κ2) is 6.95. The number of likely N-dealkylation sites (N-methyl/N-ethyl adjacent to an activating group) is 1. The summed E-state index contributed by atoms with van der Waals surface area (Å²) in [6.45, 7) is 9.08. The number of aryl methyl sites for hydroxylation is 2. The molecule has 21 heavy (non-hydrogen) atoms. The number of ether oxygens (including phenoxy) is 1. The summed E-state index contributed by atoms with van der Waals surface area (Å²) >= 11 is 1.45. The summed E-state index contributed by atoms with van der Waals surface area (Å²) in [6.07, 6.45) is 2.68. The van der Waals surface area contributed by atoms with Gasteiger partial charge in [-0.2, -0.15) is 0 Å². The Morgan fingerprint density at radius 2 is 2.10 bits per heavy atom. The molecule has 6 heteroatoms. The number of pyridine rings is 1. The predicted molar refractivity (Wildman–Crippen MR) is 85.0 cm³/mol. The number of hydrogen-bond acceptors (Lipinski definition) is 6. The fraction of sp³-hybridized carbons (Fsp3) is 0.533. The average molecular weight is 306 g/mol. The molecule has 1 N–H and O–H groups in total. The van der Waals surface area contributed by atoms with Crippen molar-refractivity contribution in [1.29, 1.82) is 0 Å². The topological polar surface area (TPSA) is 59.9 Å². The maximum absolute atomic E-state index is 5.49. The number of nitrogens with one attached hydrogen (secondary N) is 1. The van der Waals surface area contributed by atoms with Crippen molar-refractivity contribution in [3.05, 3.63) is 33.6 Å². The maximum Gasteiger partial charge on any atom is 0.128 e. The molecular weight excluding hydrogens is 284 g/mol. The van der Waals surface area contributed by atoms with E-state index in [-0.39, 0.29) is 6.04 Å². The molecule has 0 radical (unpaired) electrons. The van der Waals surface area contributed by atoms with Crippen LogP contribution in [0.5, 0.6) is 5.75 Å². The maximum atomic E-state index is 5.49. The Hall–Kier alpha value is -1.53. The zero-order valence-electron chi connectivity index (χ0n) is 13.2. The first-order valence-electron chi connectivity index (χ1n) is 7.09. The van der Waals surface area contributed by atoms with Crippen molar-refractivity contribution in [2.45, 2.75) is 40.2 Å². The Morgan fingerprint density at radius 1 is 1.33 bits per heavy atom. The van der Waals surface area contributed by atoms with Crippen molar-refractivity contribution in [3.8, 4) is 5.75 Å². The summed E-state index contributed by atoms with van der Waals surface area (Å²) in [4.78, 5) is 5.77. The van der Waals surface area contributed by atoms with Gasteiger partial charge < -0.3 is 10.1 Å². The molecule has 0 bridgehead atoms. The number of hydrogen-bond donors (Lipinski definition) is 1. The fourth-order valence-electron chi connectivity index (χ4n) is 2.53. The van der Waals surface area contributed by atoms with Crippen LogP contribution in [0.1, 0.15) is 40.4 Å². The quantitative estimate of drug-likeness (QED) is 0.889. The minimum Gasteiger partial charge on any atom is -0.496 e. The van der Waals surface area contributed by atoms with Crippen LogP contribution in [0.15, 0.2) is 6.20 Å². The van der Waals surface area contributed by atoms with Crippen molar-refractivity contribution >= 4 is 11.5 Å². The van der Waals surface area contributed by atoms with E-state index < -0.39 is 0 Å². The molecule has 2 rings (SSSR count). The molecule has 0 fully saturated rings. The molecule has 5 nitrogen and oxygen atoms in total. The third kappa shape index (κ3) is 3.39. The van der Waals surface area contributed by atoms with E-state index in [4.69, 9.17) is 4.74 Å². The molecule has 0 aliphatic heterocycles. The van der Waals surface area contributed by atoms with Gasteiger partial charge in [0.05, 0.1) is 23.7 Å². The summed E-state index contributed by atoms with van der Waals surface area (Å²) in [5.74, 6) is 0.925. The zero-order valence-corrected chi connectivity index (χ0v) is 14.0. The first kappa shape index (κ1) is 15.9. The van der Waals surface area contributed by atoms with Crippen molar-refractivity contribution < 1.29 is 4.74 Å². The van der Waals surface area contributed by atoms with Crippen LogP contribution in [0, 0.1) is 20.8 Å². The number of methoxy groups -OCH3 is 1. The Balaban J connectivity index is 2.32. The second-order valence-corrected chi connectivity index (χ2v) is 5.87. The number of nitrogens with zero attached hydrogens (tertiary/aromatic N) is 3. The molecule has 0 saturated heterocycles. The van der Waals surface area contributed by atoms with Crippen LogP contribution in [0.3, 0.4) is 0 Å². The van der Waals surface area contributed by atoms with E-state index >= 15 is 0 Å². The SMILES string of the molecule is CCNC(Cc1ncc(C)c(OC)c1C)c1snnc1C. The highest BCUT2D eigenvalue weighted by atomic mass is 32.1. The highest BCUT2D eigenvalue weighted by molar-refractivity contribution is 7.05. The largest absolute Gasteiger partial charge is 0.496 e. The van der Waals surface area contributed by atoms with Crippen LogP contribution in [-0.4, -0.2) is 28.2 Å². The van der Waals surface area contributed by atoms with Gasteiger partial charge in [0, 0.05) is 29.4 Å². The van der Waals surface area contributed by atoms with E-state index in [0.29, 0.717) is 0 Å². The zero-order chi connectivity index (χ0) is 15.4. The summed E-state index contributed by atoms with van der Waals surface area (Å²) in [5.41, 5.74) is 4.21. The van der Waals surface area contributed by atoms with Gasteiger partial charge in [-0.1, -0.05) is 11.4 Å². The Labute approximate surface area is 129 Å². The molecular formula is C15H22N4OS. The smallest absolute Gasteiger partial charge is 0.128 e. The van der Waals surface area contributed by atoms with Crippen LogP contribution < -0.4 is 10.1 Å². The van der Waals surface area contributed by atoms with Crippen molar-refractivity contribution in [2.75, 3.05) is 13.7 Å². The molecule has 0 aliphatic carbocycles. The van der Waals surface area contributed by atoms with Crippen LogP contribution >= 0.6 is 11.5 Å². The number of rotatable bonds is 6. The van der Waals surface area contributed by atoms with Gasteiger partial charge in [0.1, 0.15) is 5.75 Å². The third-order valence-electron chi connectivity index (χ3n) is 3.60. The third-order valence-corrected chi connectivity index (χ3v) is 4.54. The van der Waals surface area contributed by atoms with E-state index in [1.165, 1.54) is 16.4 Å². The van der Waals surface area contributed by atoms with Crippen molar-refractivity contribution in [3.63, 3.8) is 0 Å². The summed E-state index contributed by atoms with van der Waals surface area (Å²) in [6, 6.07) is 0.189. The predicted octanol–water partition coefficient (Wildman–Crippen LogP) is 2.76. The van der Waals surface area contributed by atoms with Gasteiger partial charge in [0.15, 0.2) is 0 Å². The first-order valence-corrected chi connectivity index (χ1v) is 7.87. The molecule has 2 aromatic heterocycles. The van der Waals surface area contributed by atoms with Gasteiger partial charge in [0.2, 0.25) is 0 Å². The van der Waals surface area contributed by atoms with Crippen LogP contribution in [0.4, 0.5) is 0 Å². The average Bonchev–Trinajstić information content (AvgIpc) is 2.88. The molecule has 2 heterocycles. The summed E-state index contributed by atoms with van der Waals surface area (Å²) in [5, 5.41) is 7.62. The molecule has 0 aromatic carbocycles. The Bertz CT molecular complexity index is 612. The van der Waals surface area contributed by atoms with E-state index in [2.05, 4.69) is 33.7 Å². The minimum absolute atomic E-state index is 0.189. The van der Waals surface area contributed by atoms with E-state index in [0.717, 1.165) is 41.2 Å². The van der Waals surface area contributed by atoms with Gasteiger partial charge in [-0.15, -0.1) is 5.10 Å². The lowest BCUT2D eigenvalue weighted by atomic mass is 10.0. The van der Waals surface area contributed by atoms with E-state index in [9.17, 15) is 0 Å². The first-order chi connectivity index (χ1) is 10.1. The lowest BCUT2D eigenvalue weighted by molar-refractivity contribution is 0.406. The Morgan fingerprint density at radius 3 is 2.67 bits per heavy atom. The van der Waals surface area contributed by atoms with Gasteiger partial charge in [-0.05, 0) is 38.8 Å². The second-order valence-electron chi connectivity index (χ2n) is 5.08. The molecule has 0 amide bonds. The standard InChI is InChI=1S/C15H22N4OS/c1-6-16-13(15-11(4)18-19-21-15)7-12-10(3)14(20-5)9(2)8-17-12/h8,13,16H,6-7H2,1-5H3. The molecule has 0 aliphatic rings. The van der Waals surface area contributed by atoms with Crippen LogP contribution in [0.2, 0.25) is 0 Å². The summed E-state index contributed by atoms with van der Waals surface area (Å²) in [7, 11) is 1.71. The highest BCUT2D eigenvalue weighted by Gasteiger charge is 2.20. The Kier molecular flexibility index (Phi) is 5.25. The van der Waals surface area contributed by atoms with Crippen LogP contribution in [-0.2, 0) is 6.42 Å². The lowest BCUT2D eigenvalue weighted by Gasteiger charge is -2.19. The van der Waals surface area contributed by atoms with Crippen molar-refractivity contribution in [1.82, 2.24) is 19.9 Å². The number of aromatic nitrogens is 3. The van der Waals surface area contributed by atoms with Crippen molar-refractivity contribution in [2.24, 2.45) is 0 Å². The molecule has 114 valence electrons. The molecule has 1 unspecified atom stereocenters. The normalized spacial score (nSPS) is 12.4. The molecule has 1 atom stereocenters. The minimum atomic E-state index is 0.189. The van der Waals surface area contributed by atoms with Gasteiger partial charge >= 0.3 is 0 Å². The van der Waals surface area contributed by atoms with Gasteiger partial charge in [0.25, 0.3) is 0 Å². The fourth-order valence-corrected chi connectivity index (χ4v) is 3.25. The monoisotopic (exact) mass is 306 g/mol. The molecule has 0 spiro atoms. The molecule has 2 aromatic rings. The highest BCUT2D eigenvalue weighted by Crippen LogP contribution is 2.29. The molecule has 0 saturated carbocycles. The van der Waals surface area contributed by atoms with Gasteiger partial charge in [-0.25, -0.2) is 0 Å². The van der Waals surface area contributed by atoms with E-state index in [1.807, 2.05) is 20.0 Å².